The second-order valence-electron chi connectivity index (χ2n) is 3.96. The van der Waals surface area contributed by atoms with Crippen LogP contribution >= 0.6 is 0 Å². The average molecular weight is 209 g/mol. The van der Waals surface area contributed by atoms with Gasteiger partial charge in [0.05, 0.1) is 6.10 Å². The molecular formula is C12H16FNO. The van der Waals surface area contributed by atoms with Crippen LogP contribution in [0.3, 0.4) is 0 Å². The summed E-state index contributed by atoms with van der Waals surface area (Å²) in [5.41, 5.74) is 6.38. The van der Waals surface area contributed by atoms with Gasteiger partial charge in [-0.05, 0) is 56.0 Å². The standard InChI is InChI=1S/C12H16FNO/c13-10-3-6-12(15-11-4-5-11)9(8-10)2-1-7-14/h3,6,8,11H,1-2,4-5,7,14H2. The Morgan fingerprint density at radius 3 is 2.87 bits per heavy atom. The normalized spacial score (nSPS) is 15.3. The van der Waals surface area contributed by atoms with Crippen molar-refractivity contribution < 1.29 is 9.13 Å². The van der Waals surface area contributed by atoms with Gasteiger partial charge < -0.3 is 10.5 Å². The van der Waals surface area contributed by atoms with Crippen LogP contribution in [-0.2, 0) is 6.42 Å². The van der Waals surface area contributed by atoms with Crippen LogP contribution in [0.25, 0.3) is 0 Å². The van der Waals surface area contributed by atoms with Gasteiger partial charge in [-0.15, -0.1) is 0 Å². The molecule has 0 saturated heterocycles. The van der Waals surface area contributed by atoms with Crippen LogP contribution in [0.15, 0.2) is 18.2 Å². The van der Waals surface area contributed by atoms with E-state index in [4.69, 9.17) is 10.5 Å². The molecule has 0 unspecified atom stereocenters. The topological polar surface area (TPSA) is 35.2 Å². The molecule has 0 spiro atoms. The first-order valence-corrected chi connectivity index (χ1v) is 5.45. The van der Waals surface area contributed by atoms with Gasteiger partial charge in [-0.25, -0.2) is 4.39 Å². The Labute approximate surface area is 89.2 Å². The Bertz CT molecular complexity index is 336. The fraction of sp³-hybridized carbons (Fsp3) is 0.500. The summed E-state index contributed by atoms with van der Waals surface area (Å²) in [5.74, 6) is 0.623. The van der Waals surface area contributed by atoms with Gasteiger partial charge in [-0.3, -0.25) is 0 Å². The summed E-state index contributed by atoms with van der Waals surface area (Å²) in [6.45, 7) is 0.624. The predicted molar refractivity (Wildman–Crippen MR) is 57.4 cm³/mol. The van der Waals surface area contributed by atoms with E-state index < -0.39 is 0 Å². The van der Waals surface area contributed by atoms with Crippen molar-refractivity contribution in [3.05, 3.63) is 29.6 Å². The molecule has 1 aromatic rings. The largest absolute Gasteiger partial charge is 0.490 e. The lowest BCUT2D eigenvalue weighted by Gasteiger charge is -2.10. The lowest BCUT2D eigenvalue weighted by molar-refractivity contribution is 0.299. The highest BCUT2D eigenvalue weighted by Gasteiger charge is 2.24. The van der Waals surface area contributed by atoms with Crippen LogP contribution in [0.2, 0.25) is 0 Å². The van der Waals surface area contributed by atoms with E-state index in [-0.39, 0.29) is 5.82 Å². The minimum absolute atomic E-state index is 0.204. The van der Waals surface area contributed by atoms with Gasteiger partial charge in [0, 0.05) is 0 Å². The second kappa shape index (κ2) is 4.62. The summed E-state index contributed by atoms with van der Waals surface area (Å²) >= 11 is 0. The summed E-state index contributed by atoms with van der Waals surface area (Å²) < 4.78 is 18.7. The Morgan fingerprint density at radius 1 is 1.40 bits per heavy atom. The van der Waals surface area contributed by atoms with E-state index in [1.807, 2.05) is 0 Å². The molecule has 1 saturated carbocycles. The van der Waals surface area contributed by atoms with E-state index in [0.717, 1.165) is 37.0 Å². The number of benzene rings is 1. The number of nitrogens with two attached hydrogens (primary N) is 1. The van der Waals surface area contributed by atoms with Crippen molar-refractivity contribution in [2.24, 2.45) is 5.73 Å². The van der Waals surface area contributed by atoms with Crippen molar-refractivity contribution in [2.45, 2.75) is 31.8 Å². The first-order valence-electron chi connectivity index (χ1n) is 5.45. The van der Waals surface area contributed by atoms with Crippen molar-refractivity contribution in [1.82, 2.24) is 0 Å². The van der Waals surface area contributed by atoms with Crippen molar-refractivity contribution in [2.75, 3.05) is 6.54 Å². The fourth-order valence-electron chi connectivity index (χ4n) is 1.52. The van der Waals surface area contributed by atoms with E-state index in [9.17, 15) is 4.39 Å². The summed E-state index contributed by atoms with van der Waals surface area (Å²) in [4.78, 5) is 0. The molecule has 0 atom stereocenters. The third-order valence-electron chi connectivity index (χ3n) is 2.49. The molecule has 1 fully saturated rings. The van der Waals surface area contributed by atoms with Crippen LogP contribution in [0.5, 0.6) is 5.75 Å². The highest BCUT2D eigenvalue weighted by molar-refractivity contribution is 5.34. The Balaban J connectivity index is 2.10. The first-order chi connectivity index (χ1) is 7.29. The molecule has 0 radical (unpaired) electrons. The van der Waals surface area contributed by atoms with Gasteiger partial charge in [0.1, 0.15) is 11.6 Å². The smallest absolute Gasteiger partial charge is 0.123 e. The van der Waals surface area contributed by atoms with Crippen LogP contribution in [0.1, 0.15) is 24.8 Å². The average Bonchev–Trinajstić information content (AvgIpc) is 3.02. The first kappa shape index (κ1) is 10.4. The highest BCUT2D eigenvalue weighted by Crippen LogP contribution is 2.30. The monoisotopic (exact) mass is 209 g/mol. The molecule has 2 rings (SSSR count). The minimum atomic E-state index is -0.204. The van der Waals surface area contributed by atoms with Gasteiger partial charge in [-0.2, -0.15) is 0 Å². The number of halogens is 1. The molecule has 1 aliphatic rings. The predicted octanol–water partition coefficient (Wildman–Crippen LogP) is 2.26. The number of aryl methyl sites for hydroxylation is 1. The van der Waals surface area contributed by atoms with Crippen LogP contribution in [-0.4, -0.2) is 12.6 Å². The molecule has 82 valence electrons. The Kier molecular flexibility index (Phi) is 3.21. The zero-order valence-electron chi connectivity index (χ0n) is 8.71. The molecule has 0 aliphatic heterocycles. The van der Waals surface area contributed by atoms with Crippen LogP contribution in [0, 0.1) is 5.82 Å². The molecule has 2 N–H and O–H groups in total. The van der Waals surface area contributed by atoms with Gasteiger partial charge in [0.25, 0.3) is 0 Å². The summed E-state index contributed by atoms with van der Waals surface area (Å²) in [5, 5.41) is 0. The molecule has 1 aliphatic carbocycles. The van der Waals surface area contributed by atoms with Gasteiger partial charge >= 0.3 is 0 Å². The second-order valence-corrected chi connectivity index (χ2v) is 3.96. The maximum absolute atomic E-state index is 13.0. The molecule has 0 aromatic heterocycles. The number of hydrogen-bond donors (Lipinski definition) is 1. The SMILES string of the molecule is NCCCc1cc(F)ccc1OC1CC1. The van der Waals surface area contributed by atoms with Gasteiger partial charge in [0.15, 0.2) is 0 Å². The van der Waals surface area contributed by atoms with E-state index in [2.05, 4.69) is 0 Å². The minimum Gasteiger partial charge on any atom is -0.490 e. The molecule has 0 amide bonds. The van der Waals surface area contributed by atoms with Crippen molar-refractivity contribution in [3.8, 4) is 5.75 Å². The van der Waals surface area contributed by atoms with E-state index in [1.54, 1.807) is 12.1 Å². The molecule has 2 nitrogen and oxygen atoms in total. The highest BCUT2D eigenvalue weighted by atomic mass is 19.1. The third-order valence-corrected chi connectivity index (χ3v) is 2.49. The molecule has 3 heteroatoms. The summed E-state index contributed by atoms with van der Waals surface area (Å²) in [7, 11) is 0. The van der Waals surface area contributed by atoms with Crippen LogP contribution < -0.4 is 10.5 Å². The Morgan fingerprint density at radius 2 is 2.20 bits per heavy atom. The zero-order valence-corrected chi connectivity index (χ0v) is 8.71. The third kappa shape index (κ3) is 2.93. The lowest BCUT2D eigenvalue weighted by atomic mass is 10.1. The van der Waals surface area contributed by atoms with Crippen molar-refractivity contribution >= 4 is 0 Å². The molecular weight excluding hydrogens is 193 g/mol. The fourth-order valence-corrected chi connectivity index (χ4v) is 1.52. The number of hydrogen-bond acceptors (Lipinski definition) is 2. The van der Waals surface area contributed by atoms with Gasteiger partial charge in [0.2, 0.25) is 0 Å². The summed E-state index contributed by atoms with van der Waals surface area (Å²) in [6, 6.07) is 4.72. The molecule has 0 bridgehead atoms. The van der Waals surface area contributed by atoms with Crippen molar-refractivity contribution in [3.63, 3.8) is 0 Å². The van der Waals surface area contributed by atoms with E-state index in [1.165, 1.54) is 6.07 Å². The number of ether oxygens (including phenoxy) is 1. The van der Waals surface area contributed by atoms with Crippen LogP contribution in [0.4, 0.5) is 4.39 Å². The number of rotatable bonds is 5. The van der Waals surface area contributed by atoms with E-state index in [0.29, 0.717) is 12.6 Å². The quantitative estimate of drug-likeness (QED) is 0.807. The lowest BCUT2D eigenvalue weighted by Crippen LogP contribution is -2.04. The van der Waals surface area contributed by atoms with E-state index >= 15 is 0 Å². The zero-order chi connectivity index (χ0) is 10.7. The summed E-state index contributed by atoms with van der Waals surface area (Å²) in [6.07, 6.45) is 4.24. The molecule has 15 heavy (non-hydrogen) atoms. The van der Waals surface area contributed by atoms with Crippen molar-refractivity contribution in [1.29, 1.82) is 0 Å². The Hall–Kier alpha value is -1.09. The maximum atomic E-state index is 13.0. The maximum Gasteiger partial charge on any atom is 0.123 e. The molecule has 1 aromatic carbocycles. The van der Waals surface area contributed by atoms with Gasteiger partial charge in [-0.1, -0.05) is 0 Å². The molecule has 0 heterocycles.